The van der Waals surface area contributed by atoms with E-state index in [1.54, 1.807) is 13.8 Å². The first-order chi connectivity index (χ1) is 10.1. The van der Waals surface area contributed by atoms with Gasteiger partial charge in [0.25, 0.3) is 0 Å². The number of halogens is 4. The minimum Gasteiger partial charge on any atom is -0.388 e. The summed E-state index contributed by atoms with van der Waals surface area (Å²) in [6.45, 7) is 3.56. The number of rotatable bonds is 5. The number of carbonyl (C=O) groups excluding carboxylic acids is 1. The van der Waals surface area contributed by atoms with Crippen LogP contribution in [0.5, 0.6) is 0 Å². The maximum Gasteiger partial charge on any atom is 0.417 e. The van der Waals surface area contributed by atoms with Crippen LogP contribution in [0, 0.1) is 0 Å². The van der Waals surface area contributed by atoms with Gasteiger partial charge >= 0.3 is 12.2 Å². The van der Waals surface area contributed by atoms with Crippen LogP contribution >= 0.6 is 11.6 Å². The highest BCUT2D eigenvalue weighted by molar-refractivity contribution is 6.31. The Hall–Kier alpha value is -1.47. The Bertz CT molecular complexity index is 531. The monoisotopic (exact) mass is 338 g/mol. The number of hydrogen-bond donors (Lipinski definition) is 3. The Labute approximate surface area is 131 Å². The van der Waals surface area contributed by atoms with Crippen LogP contribution in [0.3, 0.4) is 0 Å². The highest BCUT2D eigenvalue weighted by atomic mass is 35.5. The van der Waals surface area contributed by atoms with Gasteiger partial charge < -0.3 is 15.7 Å². The van der Waals surface area contributed by atoms with E-state index in [9.17, 15) is 23.1 Å². The summed E-state index contributed by atoms with van der Waals surface area (Å²) in [7, 11) is 0. The van der Waals surface area contributed by atoms with Crippen molar-refractivity contribution in [1.29, 1.82) is 0 Å². The van der Waals surface area contributed by atoms with Crippen molar-refractivity contribution in [3.8, 4) is 0 Å². The molecule has 0 spiro atoms. The van der Waals surface area contributed by atoms with Crippen molar-refractivity contribution >= 4 is 23.3 Å². The van der Waals surface area contributed by atoms with Crippen molar-refractivity contribution in [3.63, 3.8) is 0 Å². The van der Waals surface area contributed by atoms with Crippen molar-refractivity contribution < 1.29 is 23.1 Å². The van der Waals surface area contributed by atoms with Crippen LogP contribution in [-0.4, -0.2) is 23.3 Å². The van der Waals surface area contributed by atoms with Crippen LogP contribution in [-0.2, 0) is 6.18 Å². The molecule has 0 aliphatic rings. The van der Waals surface area contributed by atoms with E-state index in [2.05, 4.69) is 10.6 Å². The predicted octanol–water partition coefficient (Wildman–Crippen LogP) is 4.03. The normalized spacial score (nSPS) is 12.1. The SMILES string of the molecule is CCC(O)(CC)CNC(=O)Nc1ccc(Cl)c(C(F)(F)F)c1. The smallest absolute Gasteiger partial charge is 0.388 e. The van der Waals surface area contributed by atoms with Gasteiger partial charge in [0.1, 0.15) is 0 Å². The number of benzene rings is 1. The second-order valence-corrected chi connectivity index (χ2v) is 5.34. The molecule has 3 N–H and O–H groups in total. The third kappa shape index (κ3) is 5.06. The first kappa shape index (κ1) is 18.6. The lowest BCUT2D eigenvalue weighted by molar-refractivity contribution is -0.137. The maximum absolute atomic E-state index is 12.7. The minimum absolute atomic E-state index is 0.00551. The van der Waals surface area contributed by atoms with Crippen molar-refractivity contribution in [3.05, 3.63) is 28.8 Å². The van der Waals surface area contributed by atoms with E-state index in [0.29, 0.717) is 12.8 Å². The average molecular weight is 339 g/mol. The number of amides is 2. The summed E-state index contributed by atoms with van der Waals surface area (Å²) in [5.41, 5.74) is -2.09. The number of alkyl halides is 3. The van der Waals surface area contributed by atoms with Crippen LogP contribution in [0.15, 0.2) is 18.2 Å². The molecule has 0 radical (unpaired) electrons. The summed E-state index contributed by atoms with van der Waals surface area (Å²) in [5.74, 6) is 0. The lowest BCUT2D eigenvalue weighted by Crippen LogP contribution is -2.43. The highest BCUT2D eigenvalue weighted by Gasteiger charge is 2.33. The second kappa shape index (κ2) is 7.19. The fourth-order valence-electron chi connectivity index (χ4n) is 1.74. The van der Waals surface area contributed by atoms with Crippen molar-refractivity contribution in [2.75, 3.05) is 11.9 Å². The minimum atomic E-state index is -4.60. The molecule has 1 aromatic rings. The summed E-state index contributed by atoms with van der Waals surface area (Å²) >= 11 is 5.49. The zero-order chi connectivity index (χ0) is 17.0. The molecule has 0 aromatic heterocycles. The van der Waals surface area contributed by atoms with Crippen LogP contribution in [0.25, 0.3) is 0 Å². The Morgan fingerprint density at radius 1 is 1.27 bits per heavy atom. The molecular weight excluding hydrogens is 321 g/mol. The van der Waals surface area contributed by atoms with E-state index in [1.165, 1.54) is 6.07 Å². The van der Waals surface area contributed by atoms with Gasteiger partial charge in [0.15, 0.2) is 0 Å². The average Bonchev–Trinajstić information content (AvgIpc) is 2.45. The fraction of sp³-hybridized carbons (Fsp3) is 0.500. The van der Waals surface area contributed by atoms with Gasteiger partial charge in [0.05, 0.1) is 16.2 Å². The molecule has 0 saturated heterocycles. The van der Waals surface area contributed by atoms with Gasteiger partial charge in [-0.1, -0.05) is 25.4 Å². The molecule has 0 aliphatic heterocycles. The number of hydrogen-bond acceptors (Lipinski definition) is 2. The van der Waals surface area contributed by atoms with Gasteiger partial charge in [-0.25, -0.2) is 4.79 Å². The van der Waals surface area contributed by atoms with Gasteiger partial charge in [0, 0.05) is 12.2 Å². The van der Waals surface area contributed by atoms with E-state index in [-0.39, 0.29) is 12.2 Å². The molecule has 8 heteroatoms. The Morgan fingerprint density at radius 3 is 2.36 bits per heavy atom. The number of carbonyl (C=O) groups is 1. The molecule has 0 fully saturated rings. The topological polar surface area (TPSA) is 61.4 Å². The van der Waals surface area contributed by atoms with E-state index in [1.807, 2.05) is 0 Å². The molecule has 1 aromatic carbocycles. The number of anilines is 1. The van der Waals surface area contributed by atoms with Crippen molar-refractivity contribution in [1.82, 2.24) is 5.32 Å². The van der Waals surface area contributed by atoms with Crippen LogP contribution in [0.1, 0.15) is 32.3 Å². The summed E-state index contributed by atoms with van der Waals surface area (Å²) < 4.78 is 38.1. The third-order valence-electron chi connectivity index (χ3n) is 3.42. The molecule has 2 amide bonds. The van der Waals surface area contributed by atoms with Gasteiger partial charge in [-0.15, -0.1) is 0 Å². The van der Waals surface area contributed by atoms with Crippen molar-refractivity contribution in [2.24, 2.45) is 0 Å². The summed E-state index contributed by atoms with van der Waals surface area (Å²) in [6.07, 6.45) is -3.71. The van der Waals surface area contributed by atoms with E-state index in [0.717, 1.165) is 12.1 Å². The second-order valence-electron chi connectivity index (χ2n) is 4.93. The van der Waals surface area contributed by atoms with E-state index >= 15 is 0 Å². The predicted molar refractivity (Wildman–Crippen MR) is 79.0 cm³/mol. The molecule has 1 rings (SSSR count). The molecular formula is C14H18ClF3N2O2. The molecule has 124 valence electrons. The molecule has 0 unspecified atom stereocenters. The van der Waals surface area contributed by atoms with E-state index in [4.69, 9.17) is 11.6 Å². The molecule has 4 nitrogen and oxygen atoms in total. The maximum atomic E-state index is 12.7. The molecule has 0 bridgehead atoms. The van der Waals surface area contributed by atoms with Crippen LogP contribution < -0.4 is 10.6 Å². The number of nitrogens with one attached hydrogen (secondary N) is 2. The Kier molecular flexibility index (Phi) is 6.08. The molecule has 0 heterocycles. The van der Waals surface area contributed by atoms with Gasteiger partial charge in [-0.05, 0) is 31.0 Å². The summed E-state index contributed by atoms with van der Waals surface area (Å²) in [6, 6.07) is 2.39. The first-order valence-electron chi connectivity index (χ1n) is 6.75. The molecule has 22 heavy (non-hydrogen) atoms. The Balaban J connectivity index is 2.73. The summed E-state index contributed by atoms with van der Waals surface area (Å²) in [4.78, 5) is 11.7. The molecule has 0 atom stereocenters. The third-order valence-corrected chi connectivity index (χ3v) is 3.75. The first-order valence-corrected chi connectivity index (χ1v) is 7.13. The molecule has 0 saturated carbocycles. The lowest BCUT2D eigenvalue weighted by atomic mass is 9.98. The van der Waals surface area contributed by atoms with Gasteiger partial charge in [-0.2, -0.15) is 13.2 Å². The Morgan fingerprint density at radius 2 is 1.86 bits per heavy atom. The zero-order valence-electron chi connectivity index (χ0n) is 12.2. The lowest BCUT2D eigenvalue weighted by Gasteiger charge is -2.25. The zero-order valence-corrected chi connectivity index (χ0v) is 13.0. The number of aliphatic hydroxyl groups is 1. The van der Waals surface area contributed by atoms with Crippen LogP contribution in [0.4, 0.5) is 23.7 Å². The highest BCUT2D eigenvalue weighted by Crippen LogP contribution is 2.36. The standard InChI is InChI=1S/C14H18ClF3N2O2/c1-3-13(22,4-2)8-19-12(21)20-9-5-6-11(15)10(7-9)14(16,17)18/h5-7,22H,3-4,8H2,1-2H3,(H2,19,20,21). The van der Waals surface area contributed by atoms with Crippen molar-refractivity contribution in [2.45, 2.75) is 38.5 Å². The van der Waals surface area contributed by atoms with Crippen LogP contribution in [0.2, 0.25) is 5.02 Å². The van der Waals surface area contributed by atoms with Gasteiger partial charge in [-0.3, -0.25) is 0 Å². The fourth-order valence-corrected chi connectivity index (χ4v) is 1.97. The van der Waals surface area contributed by atoms with Gasteiger partial charge in [0.2, 0.25) is 0 Å². The molecule has 0 aliphatic carbocycles. The quantitative estimate of drug-likeness (QED) is 0.759. The summed E-state index contributed by atoms with van der Waals surface area (Å²) in [5, 5.41) is 14.3. The number of urea groups is 1. The van der Waals surface area contributed by atoms with E-state index < -0.39 is 28.4 Å². The largest absolute Gasteiger partial charge is 0.417 e.